The standard InChI is InChI=1S/C15H18N2O3S2/c1-12-5-3-6-13(11-12)17(22(2,19)20)9-8-16-15(18)14-7-4-10-21-14/h3-7,10-11H,8-9H2,1-2H3,(H,16,18). The van der Waals surface area contributed by atoms with Crippen LogP contribution in [0.15, 0.2) is 41.8 Å². The van der Waals surface area contributed by atoms with E-state index in [2.05, 4.69) is 5.32 Å². The molecule has 0 radical (unpaired) electrons. The van der Waals surface area contributed by atoms with Crippen molar-refractivity contribution in [3.05, 3.63) is 52.2 Å². The van der Waals surface area contributed by atoms with E-state index < -0.39 is 10.0 Å². The highest BCUT2D eigenvalue weighted by molar-refractivity contribution is 7.92. The van der Waals surface area contributed by atoms with E-state index in [1.54, 1.807) is 18.2 Å². The van der Waals surface area contributed by atoms with E-state index in [0.717, 1.165) is 11.8 Å². The molecule has 118 valence electrons. The Labute approximate surface area is 134 Å². The normalized spacial score (nSPS) is 11.2. The molecule has 0 atom stereocenters. The summed E-state index contributed by atoms with van der Waals surface area (Å²) in [6.07, 6.45) is 1.16. The fourth-order valence-electron chi connectivity index (χ4n) is 2.04. The van der Waals surface area contributed by atoms with Gasteiger partial charge in [-0.15, -0.1) is 11.3 Å². The van der Waals surface area contributed by atoms with Crippen LogP contribution in [-0.4, -0.2) is 33.7 Å². The van der Waals surface area contributed by atoms with Gasteiger partial charge in [0.2, 0.25) is 10.0 Å². The van der Waals surface area contributed by atoms with Crippen molar-refractivity contribution < 1.29 is 13.2 Å². The van der Waals surface area contributed by atoms with Gasteiger partial charge < -0.3 is 5.32 Å². The molecule has 2 aromatic rings. The zero-order valence-corrected chi connectivity index (χ0v) is 14.1. The van der Waals surface area contributed by atoms with Crippen LogP contribution in [0.5, 0.6) is 0 Å². The molecule has 22 heavy (non-hydrogen) atoms. The number of anilines is 1. The predicted molar refractivity (Wildman–Crippen MR) is 90.0 cm³/mol. The maximum absolute atomic E-state index is 12.0. The third kappa shape index (κ3) is 4.32. The highest BCUT2D eigenvalue weighted by atomic mass is 32.2. The molecule has 7 heteroatoms. The SMILES string of the molecule is Cc1cccc(N(CCNC(=O)c2cccs2)S(C)(=O)=O)c1. The molecule has 5 nitrogen and oxygen atoms in total. The highest BCUT2D eigenvalue weighted by Crippen LogP contribution is 2.18. The van der Waals surface area contributed by atoms with Crippen LogP contribution in [0.3, 0.4) is 0 Å². The predicted octanol–water partition coefficient (Wildman–Crippen LogP) is 2.25. The third-order valence-electron chi connectivity index (χ3n) is 3.04. The van der Waals surface area contributed by atoms with E-state index in [1.807, 2.05) is 30.5 Å². The molecule has 2 rings (SSSR count). The zero-order chi connectivity index (χ0) is 16.2. The number of sulfonamides is 1. The second kappa shape index (κ2) is 6.93. The summed E-state index contributed by atoms with van der Waals surface area (Å²) >= 11 is 1.35. The fourth-order valence-corrected chi connectivity index (χ4v) is 3.59. The quantitative estimate of drug-likeness (QED) is 0.878. The topological polar surface area (TPSA) is 66.5 Å². The summed E-state index contributed by atoms with van der Waals surface area (Å²) in [5, 5.41) is 4.56. The fraction of sp³-hybridized carbons (Fsp3) is 0.267. The lowest BCUT2D eigenvalue weighted by molar-refractivity contribution is 0.0959. The molecule has 1 heterocycles. The van der Waals surface area contributed by atoms with Gasteiger partial charge in [0.05, 0.1) is 23.4 Å². The number of aryl methyl sites for hydroxylation is 1. The van der Waals surface area contributed by atoms with E-state index in [4.69, 9.17) is 0 Å². The van der Waals surface area contributed by atoms with Crippen molar-refractivity contribution in [3.63, 3.8) is 0 Å². The van der Waals surface area contributed by atoms with Gasteiger partial charge in [0.15, 0.2) is 0 Å². The Morgan fingerprint density at radius 2 is 2.05 bits per heavy atom. The largest absolute Gasteiger partial charge is 0.350 e. The summed E-state index contributed by atoms with van der Waals surface area (Å²) in [4.78, 5) is 12.5. The van der Waals surface area contributed by atoms with Crippen molar-refractivity contribution in [2.24, 2.45) is 0 Å². The summed E-state index contributed by atoms with van der Waals surface area (Å²) < 4.78 is 25.2. The average molecular weight is 338 g/mol. The Bertz CT molecular complexity index is 740. The molecule has 0 aliphatic rings. The van der Waals surface area contributed by atoms with E-state index in [-0.39, 0.29) is 19.0 Å². The summed E-state index contributed by atoms with van der Waals surface area (Å²) in [5.74, 6) is -0.187. The van der Waals surface area contributed by atoms with Gasteiger partial charge in [-0.05, 0) is 36.1 Å². The molecule has 1 aromatic carbocycles. The summed E-state index contributed by atoms with van der Waals surface area (Å²) in [5.41, 5.74) is 1.58. The monoisotopic (exact) mass is 338 g/mol. The first-order valence-electron chi connectivity index (χ1n) is 6.74. The molecule has 0 saturated carbocycles. The molecule has 0 bridgehead atoms. The van der Waals surface area contributed by atoms with Gasteiger partial charge in [0, 0.05) is 6.54 Å². The van der Waals surface area contributed by atoms with Gasteiger partial charge in [-0.25, -0.2) is 8.42 Å². The molecule has 0 aliphatic carbocycles. The molecule has 0 saturated heterocycles. The van der Waals surface area contributed by atoms with Crippen LogP contribution in [0.1, 0.15) is 15.2 Å². The van der Waals surface area contributed by atoms with Crippen molar-refractivity contribution in [2.45, 2.75) is 6.92 Å². The molecule has 0 unspecified atom stereocenters. The van der Waals surface area contributed by atoms with E-state index in [9.17, 15) is 13.2 Å². The van der Waals surface area contributed by atoms with Crippen molar-refractivity contribution in [1.82, 2.24) is 5.32 Å². The Balaban J connectivity index is 2.04. The number of amides is 1. The third-order valence-corrected chi connectivity index (χ3v) is 5.10. The summed E-state index contributed by atoms with van der Waals surface area (Å²) in [7, 11) is -3.40. The molecular weight excluding hydrogens is 320 g/mol. The zero-order valence-electron chi connectivity index (χ0n) is 12.4. The Morgan fingerprint density at radius 3 is 2.64 bits per heavy atom. The van der Waals surface area contributed by atoms with Gasteiger partial charge in [-0.1, -0.05) is 18.2 Å². The van der Waals surface area contributed by atoms with Crippen molar-refractivity contribution in [2.75, 3.05) is 23.7 Å². The van der Waals surface area contributed by atoms with Crippen LogP contribution in [-0.2, 0) is 10.0 Å². The maximum Gasteiger partial charge on any atom is 0.261 e. The highest BCUT2D eigenvalue weighted by Gasteiger charge is 2.17. The minimum atomic E-state index is -3.40. The first-order chi connectivity index (χ1) is 10.4. The number of thiophene rings is 1. The molecule has 1 N–H and O–H groups in total. The van der Waals surface area contributed by atoms with Gasteiger partial charge in [0.25, 0.3) is 5.91 Å². The van der Waals surface area contributed by atoms with Gasteiger partial charge >= 0.3 is 0 Å². The number of benzene rings is 1. The number of hydrogen-bond donors (Lipinski definition) is 1. The second-order valence-electron chi connectivity index (χ2n) is 4.91. The Morgan fingerprint density at radius 1 is 1.27 bits per heavy atom. The number of hydrogen-bond acceptors (Lipinski definition) is 4. The summed E-state index contributed by atoms with van der Waals surface area (Å²) in [6.45, 7) is 2.35. The smallest absolute Gasteiger partial charge is 0.261 e. The van der Waals surface area contributed by atoms with Gasteiger partial charge in [-0.3, -0.25) is 9.10 Å². The van der Waals surface area contributed by atoms with Crippen LogP contribution < -0.4 is 9.62 Å². The van der Waals surface area contributed by atoms with Gasteiger partial charge in [0.1, 0.15) is 0 Å². The van der Waals surface area contributed by atoms with Crippen LogP contribution in [0.4, 0.5) is 5.69 Å². The van der Waals surface area contributed by atoms with Crippen molar-refractivity contribution in [1.29, 1.82) is 0 Å². The molecule has 0 aliphatic heterocycles. The first kappa shape index (κ1) is 16.5. The number of nitrogens with zero attached hydrogens (tertiary/aromatic N) is 1. The van der Waals surface area contributed by atoms with Gasteiger partial charge in [-0.2, -0.15) is 0 Å². The minimum Gasteiger partial charge on any atom is -0.350 e. The number of carbonyl (C=O) groups is 1. The lowest BCUT2D eigenvalue weighted by Crippen LogP contribution is -2.38. The Hall–Kier alpha value is -1.86. The van der Waals surface area contributed by atoms with Crippen LogP contribution in [0.25, 0.3) is 0 Å². The number of carbonyl (C=O) groups excluding carboxylic acids is 1. The first-order valence-corrected chi connectivity index (χ1v) is 9.47. The molecule has 1 aromatic heterocycles. The maximum atomic E-state index is 12.0. The van der Waals surface area contributed by atoms with Crippen molar-refractivity contribution in [3.8, 4) is 0 Å². The van der Waals surface area contributed by atoms with Crippen LogP contribution >= 0.6 is 11.3 Å². The lowest BCUT2D eigenvalue weighted by atomic mass is 10.2. The molecule has 0 fully saturated rings. The minimum absolute atomic E-state index is 0.187. The molecule has 1 amide bonds. The van der Waals surface area contributed by atoms with E-state index >= 15 is 0 Å². The number of rotatable bonds is 6. The van der Waals surface area contributed by atoms with Crippen molar-refractivity contribution >= 4 is 33.0 Å². The molecule has 0 spiro atoms. The van der Waals surface area contributed by atoms with Crippen LogP contribution in [0.2, 0.25) is 0 Å². The molecular formula is C15H18N2O3S2. The lowest BCUT2D eigenvalue weighted by Gasteiger charge is -2.22. The summed E-state index contributed by atoms with van der Waals surface area (Å²) in [6, 6.07) is 10.8. The van der Waals surface area contributed by atoms with E-state index in [1.165, 1.54) is 15.6 Å². The average Bonchev–Trinajstić information content (AvgIpc) is 2.96. The Kier molecular flexibility index (Phi) is 5.20. The van der Waals surface area contributed by atoms with E-state index in [0.29, 0.717) is 10.6 Å². The second-order valence-corrected chi connectivity index (χ2v) is 7.76. The van der Waals surface area contributed by atoms with Crippen LogP contribution in [0, 0.1) is 6.92 Å². The number of nitrogens with one attached hydrogen (secondary N) is 1.